The smallest absolute Gasteiger partial charge is 0.148 e. The van der Waals surface area contributed by atoms with E-state index in [2.05, 4.69) is 20.7 Å². The Balaban J connectivity index is 2.45. The summed E-state index contributed by atoms with van der Waals surface area (Å²) < 4.78 is 5.35. The molecule has 7 heteroatoms. The van der Waals surface area contributed by atoms with Crippen LogP contribution in [0.4, 0.5) is 17.3 Å². The molecule has 0 aliphatic heterocycles. The number of hydrogen-bond donors (Lipinski definition) is 3. The molecule has 0 spiro atoms. The summed E-state index contributed by atoms with van der Waals surface area (Å²) in [6.07, 6.45) is 2.18. The maximum Gasteiger partial charge on any atom is 0.148 e. The van der Waals surface area contributed by atoms with Gasteiger partial charge in [0.05, 0.1) is 12.8 Å². The number of anilines is 3. The lowest BCUT2D eigenvalue weighted by Gasteiger charge is -2.16. The first-order chi connectivity index (χ1) is 10.1. The van der Waals surface area contributed by atoms with E-state index in [-0.39, 0.29) is 0 Å². The van der Waals surface area contributed by atoms with Gasteiger partial charge < -0.3 is 15.5 Å². The van der Waals surface area contributed by atoms with Crippen molar-refractivity contribution in [3.8, 4) is 5.75 Å². The van der Waals surface area contributed by atoms with Gasteiger partial charge in [-0.15, -0.1) is 0 Å². The number of hydrogen-bond acceptors (Lipinski definition) is 6. The summed E-state index contributed by atoms with van der Waals surface area (Å²) in [5.41, 5.74) is 5.21. The van der Waals surface area contributed by atoms with Crippen LogP contribution in [0.2, 0.25) is 5.02 Å². The van der Waals surface area contributed by atoms with Gasteiger partial charge in [-0.05, 0) is 25.0 Å². The number of nitrogens with two attached hydrogens (primary N) is 1. The Bertz CT molecular complexity index is 648. The lowest BCUT2D eigenvalue weighted by Crippen LogP contribution is -2.13. The van der Waals surface area contributed by atoms with Crippen molar-refractivity contribution in [3.05, 3.63) is 34.6 Å². The number of rotatable bonds is 5. The first kappa shape index (κ1) is 15.3. The van der Waals surface area contributed by atoms with Crippen LogP contribution in [0.3, 0.4) is 0 Å². The van der Waals surface area contributed by atoms with E-state index in [4.69, 9.17) is 22.2 Å². The summed E-state index contributed by atoms with van der Waals surface area (Å²) in [5.74, 6) is 7.40. The van der Waals surface area contributed by atoms with Gasteiger partial charge in [0.25, 0.3) is 0 Å². The number of methoxy groups -OCH3 is 1. The van der Waals surface area contributed by atoms with Crippen LogP contribution in [0.25, 0.3) is 0 Å². The number of aryl methyl sites for hydroxylation is 1. The molecule has 112 valence electrons. The molecule has 0 saturated heterocycles. The Hall–Kier alpha value is -2.05. The largest absolute Gasteiger partial charge is 0.495 e. The average molecular weight is 308 g/mol. The molecule has 0 radical (unpaired) electrons. The van der Waals surface area contributed by atoms with Crippen LogP contribution in [-0.2, 0) is 6.42 Å². The first-order valence-electron chi connectivity index (χ1n) is 6.52. The zero-order valence-electron chi connectivity index (χ0n) is 12.2. The number of nitrogen functional groups attached to an aromatic ring is 1. The van der Waals surface area contributed by atoms with Gasteiger partial charge in [-0.3, -0.25) is 0 Å². The second-order valence-electron chi connectivity index (χ2n) is 4.47. The minimum Gasteiger partial charge on any atom is -0.495 e. The van der Waals surface area contributed by atoms with Crippen molar-refractivity contribution in [2.75, 3.05) is 17.9 Å². The van der Waals surface area contributed by atoms with Gasteiger partial charge in [0.15, 0.2) is 0 Å². The summed E-state index contributed by atoms with van der Waals surface area (Å²) in [6, 6.07) is 3.69. The van der Waals surface area contributed by atoms with Gasteiger partial charge in [-0.25, -0.2) is 15.8 Å². The molecule has 4 N–H and O–H groups in total. The highest BCUT2D eigenvalue weighted by molar-refractivity contribution is 6.31. The van der Waals surface area contributed by atoms with E-state index in [0.29, 0.717) is 22.4 Å². The molecule has 0 aliphatic carbocycles. The monoisotopic (exact) mass is 307 g/mol. The molecule has 0 saturated carbocycles. The third-order valence-corrected chi connectivity index (χ3v) is 3.58. The van der Waals surface area contributed by atoms with Crippen molar-refractivity contribution < 1.29 is 4.74 Å². The molecular formula is C14H18ClN5O. The van der Waals surface area contributed by atoms with Gasteiger partial charge in [0.2, 0.25) is 0 Å². The molecule has 0 unspecified atom stereocenters. The highest BCUT2D eigenvalue weighted by Crippen LogP contribution is 2.34. The van der Waals surface area contributed by atoms with E-state index in [1.165, 1.54) is 6.33 Å². The normalized spacial score (nSPS) is 10.3. The number of halogens is 1. The molecule has 1 aromatic heterocycles. The van der Waals surface area contributed by atoms with E-state index >= 15 is 0 Å². The minimum atomic E-state index is 0.597. The summed E-state index contributed by atoms with van der Waals surface area (Å²) in [4.78, 5) is 8.38. The van der Waals surface area contributed by atoms with Crippen LogP contribution < -0.4 is 21.3 Å². The van der Waals surface area contributed by atoms with Crippen LogP contribution in [0.5, 0.6) is 5.75 Å². The molecule has 0 bridgehead atoms. The van der Waals surface area contributed by atoms with E-state index in [1.54, 1.807) is 13.2 Å². The Kier molecular flexibility index (Phi) is 4.82. The van der Waals surface area contributed by atoms with Gasteiger partial charge in [-0.1, -0.05) is 18.5 Å². The highest BCUT2D eigenvalue weighted by Gasteiger charge is 2.12. The quantitative estimate of drug-likeness (QED) is 0.581. The zero-order valence-corrected chi connectivity index (χ0v) is 13.0. The lowest BCUT2D eigenvalue weighted by atomic mass is 10.1. The van der Waals surface area contributed by atoms with Gasteiger partial charge >= 0.3 is 0 Å². The maximum atomic E-state index is 6.11. The predicted molar refractivity (Wildman–Crippen MR) is 85.2 cm³/mol. The van der Waals surface area contributed by atoms with Crippen LogP contribution in [-0.4, -0.2) is 17.1 Å². The van der Waals surface area contributed by atoms with Crippen LogP contribution in [0.1, 0.15) is 18.1 Å². The van der Waals surface area contributed by atoms with Gasteiger partial charge in [0, 0.05) is 16.7 Å². The first-order valence-corrected chi connectivity index (χ1v) is 6.90. The molecule has 0 fully saturated rings. The molecule has 0 aliphatic rings. The Labute approximate surface area is 128 Å². The van der Waals surface area contributed by atoms with E-state index < -0.39 is 0 Å². The number of nitrogens with zero attached hydrogens (tertiary/aromatic N) is 2. The number of aromatic nitrogens is 2. The van der Waals surface area contributed by atoms with E-state index in [1.807, 2.05) is 19.9 Å². The Morgan fingerprint density at radius 2 is 2.00 bits per heavy atom. The highest BCUT2D eigenvalue weighted by atomic mass is 35.5. The SMILES string of the molecule is CCc1c(NN)ncnc1Nc1cc(C)c(Cl)cc1OC. The zero-order chi connectivity index (χ0) is 15.4. The summed E-state index contributed by atoms with van der Waals surface area (Å²) in [7, 11) is 1.60. The summed E-state index contributed by atoms with van der Waals surface area (Å²) in [6.45, 7) is 3.94. The van der Waals surface area contributed by atoms with Crippen molar-refractivity contribution >= 4 is 28.9 Å². The lowest BCUT2D eigenvalue weighted by molar-refractivity contribution is 0.416. The topological polar surface area (TPSA) is 85.1 Å². The van der Waals surface area contributed by atoms with Crippen molar-refractivity contribution in [2.45, 2.75) is 20.3 Å². The molecule has 1 aromatic carbocycles. The minimum absolute atomic E-state index is 0.597. The van der Waals surface area contributed by atoms with E-state index in [0.717, 1.165) is 23.2 Å². The summed E-state index contributed by atoms with van der Waals surface area (Å²) in [5, 5.41) is 3.91. The molecule has 2 aromatic rings. The second kappa shape index (κ2) is 6.60. The molecule has 2 rings (SSSR count). The molecule has 0 amide bonds. The molecule has 0 atom stereocenters. The molecule has 1 heterocycles. The molecule has 21 heavy (non-hydrogen) atoms. The van der Waals surface area contributed by atoms with Crippen LogP contribution in [0, 0.1) is 6.92 Å². The van der Waals surface area contributed by atoms with Crippen molar-refractivity contribution in [1.29, 1.82) is 0 Å². The summed E-state index contributed by atoms with van der Waals surface area (Å²) >= 11 is 6.11. The number of nitrogens with one attached hydrogen (secondary N) is 2. The maximum absolute atomic E-state index is 6.11. The van der Waals surface area contributed by atoms with Crippen LogP contribution >= 0.6 is 11.6 Å². The Morgan fingerprint density at radius 1 is 1.29 bits per heavy atom. The third kappa shape index (κ3) is 3.17. The third-order valence-electron chi connectivity index (χ3n) is 3.17. The van der Waals surface area contributed by atoms with Gasteiger partial charge in [-0.2, -0.15) is 0 Å². The van der Waals surface area contributed by atoms with Crippen LogP contribution in [0.15, 0.2) is 18.5 Å². The fourth-order valence-corrected chi connectivity index (χ4v) is 2.19. The average Bonchev–Trinajstić information content (AvgIpc) is 2.50. The van der Waals surface area contributed by atoms with Crippen molar-refractivity contribution in [1.82, 2.24) is 9.97 Å². The predicted octanol–water partition coefficient (Wildman–Crippen LogP) is 3.04. The second-order valence-corrected chi connectivity index (χ2v) is 4.88. The standard InChI is InChI=1S/C14H18ClN5O/c1-4-9-13(17-7-18-14(9)20-16)19-11-5-8(2)10(15)6-12(11)21-3/h5-7H,4,16H2,1-3H3,(H2,17,18,19,20). The number of hydrazine groups is 1. The Morgan fingerprint density at radius 3 is 2.62 bits per heavy atom. The number of ether oxygens (including phenoxy) is 1. The van der Waals surface area contributed by atoms with Crippen molar-refractivity contribution in [3.63, 3.8) is 0 Å². The van der Waals surface area contributed by atoms with Crippen molar-refractivity contribution in [2.24, 2.45) is 5.84 Å². The fraction of sp³-hybridized carbons (Fsp3) is 0.286. The fourth-order valence-electron chi connectivity index (χ4n) is 2.04. The van der Waals surface area contributed by atoms with E-state index in [9.17, 15) is 0 Å². The molecule has 6 nitrogen and oxygen atoms in total. The molecular weight excluding hydrogens is 290 g/mol. The number of benzene rings is 1. The van der Waals surface area contributed by atoms with Gasteiger partial charge in [0.1, 0.15) is 23.7 Å².